The highest BCUT2D eigenvalue weighted by atomic mass is 15.2. The smallest absolute Gasteiger partial charge is 0.0492 e. The number of nitrogens with zero attached hydrogens (tertiary/aromatic N) is 2. The number of unbranched alkanes of at least 4 members (excludes halogenated alkanes) is 12. The van der Waals surface area contributed by atoms with Crippen molar-refractivity contribution in [2.75, 3.05) is 0 Å². The van der Waals surface area contributed by atoms with E-state index in [4.69, 9.17) is 0 Å². The van der Waals surface area contributed by atoms with Crippen LogP contribution in [0.25, 0.3) is 0 Å². The largest absolute Gasteiger partial charge is 0.159 e. The molecule has 2 nitrogen and oxygen atoms in total. The fourth-order valence-electron chi connectivity index (χ4n) is 2.55. The number of hydrogen-bond acceptors (Lipinski definition) is 2. The van der Waals surface area contributed by atoms with Gasteiger partial charge in [0.2, 0.25) is 0 Å². The maximum atomic E-state index is 4.00. The van der Waals surface area contributed by atoms with Crippen LogP contribution < -0.4 is 0 Å². The Labute approximate surface area is 151 Å². The zero-order valence-corrected chi connectivity index (χ0v) is 16.3. The predicted octanol–water partition coefficient (Wildman–Crippen LogP) is 7.66. The van der Waals surface area contributed by atoms with Gasteiger partial charge in [0.1, 0.15) is 0 Å². The fraction of sp³-hybridized carbons (Fsp3) is 0.727. The van der Waals surface area contributed by atoms with Crippen LogP contribution in [0.15, 0.2) is 34.5 Å². The van der Waals surface area contributed by atoms with Gasteiger partial charge in [-0.15, -0.1) is 0 Å². The molecule has 0 aromatic rings. The first kappa shape index (κ1) is 22.8. The van der Waals surface area contributed by atoms with Crippen molar-refractivity contribution in [1.82, 2.24) is 0 Å². The van der Waals surface area contributed by atoms with Gasteiger partial charge in [0.25, 0.3) is 0 Å². The van der Waals surface area contributed by atoms with Gasteiger partial charge in [-0.2, -0.15) is 10.2 Å². The van der Waals surface area contributed by atoms with Gasteiger partial charge in [-0.3, -0.25) is 0 Å². The minimum atomic E-state index is 1.15. The minimum absolute atomic E-state index is 1.15. The Hall–Kier alpha value is -1.18. The van der Waals surface area contributed by atoms with Gasteiger partial charge in [0.15, 0.2) is 0 Å². The van der Waals surface area contributed by atoms with Crippen molar-refractivity contribution in [3.8, 4) is 0 Å². The standard InChI is InChI=1S/C22H40N2/c1-3-5-7-9-11-13-15-17-19-21-23-24-22-20-18-16-14-12-10-8-6-4-2/h17-22H,3-16H2,1-2H3/b19-17+,20-18+,23-21+,24-22+. The summed E-state index contributed by atoms with van der Waals surface area (Å²) in [5.41, 5.74) is 0. The van der Waals surface area contributed by atoms with Gasteiger partial charge in [-0.1, -0.05) is 90.2 Å². The molecule has 0 saturated heterocycles. The molecule has 0 aromatic heterocycles. The first-order valence-corrected chi connectivity index (χ1v) is 10.3. The molecule has 0 atom stereocenters. The van der Waals surface area contributed by atoms with Crippen LogP contribution in [-0.4, -0.2) is 12.4 Å². The van der Waals surface area contributed by atoms with Crippen molar-refractivity contribution in [3.05, 3.63) is 24.3 Å². The van der Waals surface area contributed by atoms with E-state index >= 15 is 0 Å². The van der Waals surface area contributed by atoms with E-state index in [-0.39, 0.29) is 0 Å². The third-order valence-corrected chi connectivity index (χ3v) is 4.09. The molecule has 0 unspecified atom stereocenters. The highest BCUT2D eigenvalue weighted by molar-refractivity contribution is 5.74. The molecule has 2 heteroatoms. The Morgan fingerprint density at radius 3 is 1.29 bits per heavy atom. The van der Waals surface area contributed by atoms with E-state index in [0.29, 0.717) is 0 Å². The third-order valence-electron chi connectivity index (χ3n) is 4.09. The lowest BCUT2D eigenvalue weighted by Crippen LogP contribution is -1.77. The number of rotatable bonds is 17. The summed E-state index contributed by atoms with van der Waals surface area (Å²) in [7, 11) is 0. The van der Waals surface area contributed by atoms with Crippen molar-refractivity contribution in [2.24, 2.45) is 10.2 Å². The molecular weight excluding hydrogens is 292 g/mol. The van der Waals surface area contributed by atoms with Gasteiger partial charge in [0.05, 0.1) is 0 Å². The molecule has 0 N–H and O–H groups in total. The molecule has 0 bridgehead atoms. The highest BCUT2D eigenvalue weighted by Crippen LogP contribution is 2.07. The minimum Gasteiger partial charge on any atom is -0.159 e. The van der Waals surface area contributed by atoms with Gasteiger partial charge < -0.3 is 0 Å². The molecule has 0 amide bonds. The second kappa shape index (κ2) is 21.8. The lowest BCUT2D eigenvalue weighted by Gasteiger charge is -1.97. The fourth-order valence-corrected chi connectivity index (χ4v) is 2.55. The Kier molecular flexibility index (Phi) is 20.7. The van der Waals surface area contributed by atoms with E-state index in [1.54, 1.807) is 12.4 Å². The van der Waals surface area contributed by atoms with E-state index in [2.05, 4.69) is 36.2 Å². The molecule has 0 rings (SSSR count). The molecule has 0 heterocycles. The van der Waals surface area contributed by atoms with Crippen molar-refractivity contribution in [1.29, 1.82) is 0 Å². The third kappa shape index (κ3) is 20.8. The van der Waals surface area contributed by atoms with Gasteiger partial charge in [0, 0.05) is 12.4 Å². The zero-order valence-electron chi connectivity index (χ0n) is 16.3. The maximum Gasteiger partial charge on any atom is 0.0492 e. The zero-order chi connectivity index (χ0) is 17.6. The summed E-state index contributed by atoms with van der Waals surface area (Å²) < 4.78 is 0. The number of allylic oxidation sites excluding steroid dienone is 4. The van der Waals surface area contributed by atoms with Crippen LogP contribution in [0.5, 0.6) is 0 Å². The summed E-state index contributed by atoms with van der Waals surface area (Å²) >= 11 is 0. The van der Waals surface area contributed by atoms with E-state index in [1.807, 2.05) is 12.2 Å². The van der Waals surface area contributed by atoms with E-state index in [0.717, 1.165) is 12.8 Å². The summed E-state index contributed by atoms with van der Waals surface area (Å²) in [6, 6.07) is 0. The van der Waals surface area contributed by atoms with Crippen LogP contribution in [-0.2, 0) is 0 Å². The lowest BCUT2D eigenvalue weighted by molar-refractivity contribution is 0.611. The monoisotopic (exact) mass is 332 g/mol. The SMILES string of the molecule is CCCCCCCC/C=C/C=N/N=C/C=C/CCCCCCCC. The van der Waals surface area contributed by atoms with Crippen LogP contribution in [0.1, 0.15) is 104 Å². The molecule has 0 aromatic carbocycles. The Balaban J connectivity index is 3.37. The van der Waals surface area contributed by atoms with E-state index < -0.39 is 0 Å². The second-order valence-corrected chi connectivity index (χ2v) is 6.50. The van der Waals surface area contributed by atoms with Crippen molar-refractivity contribution in [3.63, 3.8) is 0 Å². The molecule has 138 valence electrons. The molecule has 24 heavy (non-hydrogen) atoms. The first-order chi connectivity index (χ1) is 11.9. The van der Waals surface area contributed by atoms with Crippen molar-refractivity contribution >= 4 is 12.4 Å². The topological polar surface area (TPSA) is 24.7 Å². The molecule has 0 aliphatic rings. The van der Waals surface area contributed by atoms with Gasteiger partial charge >= 0.3 is 0 Å². The van der Waals surface area contributed by atoms with Crippen LogP contribution in [0, 0.1) is 0 Å². The average Bonchev–Trinajstić information content (AvgIpc) is 2.60. The quantitative estimate of drug-likeness (QED) is 0.148. The van der Waals surface area contributed by atoms with Crippen LogP contribution in [0.2, 0.25) is 0 Å². The average molecular weight is 333 g/mol. The normalized spacial score (nSPS) is 12.6. The maximum absolute atomic E-state index is 4.00. The Morgan fingerprint density at radius 2 is 0.875 bits per heavy atom. The summed E-state index contributed by atoms with van der Waals surface area (Å²) in [5, 5.41) is 8.01. The molecule has 0 fully saturated rings. The lowest BCUT2D eigenvalue weighted by atomic mass is 10.1. The molecule has 0 aliphatic carbocycles. The van der Waals surface area contributed by atoms with Crippen molar-refractivity contribution < 1.29 is 0 Å². The number of hydrogen-bond donors (Lipinski definition) is 0. The summed E-state index contributed by atoms with van der Waals surface area (Å²) in [6.45, 7) is 4.52. The predicted molar refractivity (Wildman–Crippen MR) is 111 cm³/mol. The van der Waals surface area contributed by atoms with E-state index in [9.17, 15) is 0 Å². The molecule has 0 spiro atoms. The summed E-state index contributed by atoms with van der Waals surface area (Å²) in [6.07, 6.45) is 30.5. The van der Waals surface area contributed by atoms with Crippen LogP contribution >= 0.6 is 0 Å². The summed E-state index contributed by atoms with van der Waals surface area (Å²) in [4.78, 5) is 0. The van der Waals surface area contributed by atoms with Gasteiger partial charge in [-0.25, -0.2) is 0 Å². The molecule has 0 aliphatic heterocycles. The second-order valence-electron chi connectivity index (χ2n) is 6.50. The van der Waals surface area contributed by atoms with Gasteiger partial charge in [-0.05, 0) is 37.8 Å². The van der Waals surface area contributed by atoms with Crippen LogP contribution in [0.4, 0.5) is 0 Å². The van der Waals surface area contributed by atoms with Crippen LogP contribution in [0.3, 0.4) is 0 Å². The highest BCUT2D eigenvalue weighted by Gasteiger charge is 1.88. The summed E-state index contributed by atoms with van der Waals surface area (Å²) in [5.74, 6) is 0. The van der Waals surface area contributed by atoms with Crippen molar-refractivity contribution in [2.45, 2.75) is 104 Å². The Bertz CT molecular complexity index is 306. The Morgan fingerprint density at radius 1 is 0.500 bits per heavy atom. The van der Waals surface area contributed by atoms with E-state index in [1.165, 1.54) is 77.0 Å². The molecular formula is C22H40N2. The molecule has 0 saturated carbocycles. The first-order valence-electron chi connectivity index (χ1n) is 10.3. The molecule has 0 radical (unpaired) electrons.